The number of aromatic nitrogens is 1. The van der Waals surface area contributed by atoms with Gasteiger partial charge in [-0.15, -0.1) is 11.3 Å². The Hall–Kier alpha value is -0.650. The fraction of sp³-hybridized carbons (Fsp3) is 0.786. The van der Waals surface area contributed by atoms with Gasteiger partial charge < -0.3 is 15.0 Å². The summed E-state index contributed by atoms with van der Waals surface area (Å²) in [6, 6.07) is 0. The Morgan fingerprint density at radius 2 is 2.26 bits per heavy atom. The lowest BCUT2D eigenvalue weighted by atomic mass is 10.3. The molecule has 2 rings (SSSR count). The van der Waals surface area contributed by atoms with E-state index < -0.39 is 0 Å². The van der Waals surface area contributed by atoms with Crippen LogP contribution in [0.5, 0.6) is 0 Å². The van der Waals surface area contributed by atoms with Crippen LogP contribution in [-0.2, 0) is 17.7 Å². The SMILES string of the molecule is CCc1nc(N(C)CC2CC2)sc1CNCCOC. The maximum Gasteiger partial charge on any atom is 0.185 e. The average Bonchev–Trinajstić information content (AvgIpc) is 3.12. The molecule has 1 aromatic rings. The predicted molar refractivity (Wildman–Crippen MR) is 81.1 cm³/mol. The number of nitrogens with zero attached hydrogens (tertiary/aromatic N) is 2. The molecule has 0 radical (unpaired) electrons. The summed E-state index contributed by atoms with van der Waals surface area (Å²) in [7, 11) is 3.90. The van der Waals surface area contributed by atoms with Crippen LogP contribution < -0.4 is 10.2 Å². The van der Waals surface area contributed by atoms with Gasteiger partial charge in [0.25, 0.3) is 0 Å². The van der Waals surface area contributed by atoms with E-state index in [0.717, 1.165) is 38.6 Å². The van der Waals surface area contributed by atoms with Gasteiger partial charge >= 0.3 is 0 Å². The van der Waals surface area contributed by atoms with Crippen LogP contribution in [0.15, 0.2) is 0 Å². The molecule has 0 unspecified atom stereocenters. The molecular formula is C14H25N3OS. The summed E-state index contributed by atoms with van der Waals surface area (Å²) in [5.74, 6) is 0.905. The predicted octanol–water partition coefficient (Wildman–Crippen LogP) is 2.29. The van der Waals surface area contributed by atoms with Crippen molar-refractivity contribution in [3.05, 3.63) is 10.6 Å². The van der Waals surface area contributed by atoms with E-state index in [1.54, 1.807) is 7.11 Å². The van der Waals surface area contributed by atoms with E-state index in [1.165, 1.54) is 28.5 Å². The van der Waals surface area contributed by atoms with E-state index in [9.17, 15) is 0 Å². The summed E-state index contributed by atoms with van der Waals surface area (Å²) in [6.07, 6.45) is 3.79. The van der Waals surface area contributed by atoms with Crippen molar-refractivity contribution >= 4 is 16.5 Å². The molecule has 1 aliphatic rings. The Balaban J connectivity index is 1.91. The number of methoxy groups -OCH3 is 1. The first kappa shape index (κ1) is 14.8. The zero-order chi connectivity index (χ0) is 13.7. The third-order valence-electron chi connectivity index (χ3n) is 3.43. The van der Waals surface area contributed by atoms with Gasteiger partial charge in [-0.05, 0) is 25.2 Å². The first-order chi connectivity index (χ1) is 9.24. The molecule has 0 aliphatic heterocycles. The van der Waals surface area contributed by atoms with Crippen molar-refractivity contribution < 1.29 is 4.74 Å². The maximum absolute atomic E-state index is 5.05. The highest BCUT2D eigenvalue weighted by Crippen LogP contribution is 2.33. The van der Waals surface area contributed by atoms with Crippen LogP contribution in [0, 0.1) is 5.92 Å². The highest BCUT2D eigenvalue weighted by Gasteiger charge is 2.24. The lowest BCUT2D eigenvalue weighted by molar-refractivity contribution is 0.199. The maximum atomic E-state index is 5.05. The van der Waals surface area contributed by atoms with Gasteiger partial charge in [-0.2, -0.15) is 0 Å². The molecule has 1 heterocycles. The normalized spacial score (nSPS) is 14.9. The molecule has 108 valence electrons. The summed E-state index contributed by atoms with van der Waals surface area (Å²) in [5.41, 5.74) is 1.24. The molecule has 1 N–H and O–H groups in total. The number of hydrogen-bond donors (Lipinski definition) is 1. The van der Waals surface area contributed by atoms with Crippen molar-refractivity contribution in [1.82, 2.24) is 10.3 Å². The van der Waals surface area contributed by atoms with E-state index >= 15 is 0 Å². The second kappa shape index (κ2) is 7.22. The second-order valence-corrected chi connectivity index (χ2v) is 6.28. The Morgan fingerprint density at radius 1 is 1.47 bits per heavy atom. The van der Waals surface area contributed by atoms with Crippen molar-refractivity contribution in [3.8, 4) is 0 Å². The molecule has 1 aromatic heterocycles. The van der Waals surface area contributed by atoms with E-state index in [-0.39, 0.29) is 0 Å². The number of aryl methyl sites for hydroxylation is 1. The molecule has 0 spiro atoms. The van der Waals surface area contributed by atoms with Gasteiger partial charge in [0.05, 0.1) is 12.3 Å². The zero-order valence-corrected chi connectivity index (χ0v) is 13.1. The van der Waals surface area contributed by atoms with Crippen molar-refractivity contribution in [2.75, 3.05) is 38.8 Å². The van der Waals surface area contributed by atoms with E-state index in [4.69, 9.17) is 9.72 Å². The van der Waals surface area contributed by atoms with Crippen molar-refractivity contribution in [2.24, 2.45) is 5.92 Å². The Morgan fingerprint density at radius 3 is 2.89 bits per heavy atom. The first-order valence-corrected chi connectivity index (χ1v) is 7.95. The van der Waals surface area contributed by atoms with Crippen LogP contribution in [0.2, 0.25) is 0 Å². The molecule has 19 heavy (non-hydrogen) atoms. The summed E-state index contributed by atoms with van der Waals surface area (Å²) >= 11 is 1.83. The standard InChI is InChI=1S/C14H25N3OS/c1-4-12-13(9-15-7-8-18-3)19-14(16-12)17(2)10-11-5-6-11/h11,15H,4-10H2,1-3H3. The Bertz CT molecular complexity index is 390. The number of anilines is 1. The van der Waals surface area contributed by atoms with Crippen LogP contribution in [0.1, 0.15) is 30.3 Å². The fourth-order valence-corrected chi connectivity index (χ4v) is 3.18. The van der Waals surface area contributed by atoms with Gasteiger partial charge in [0.1, 0.15) is 0 Å². The largest absolute Gasteiger partial charge is 0.383 e. The van der Waals surface area contributed by atoms with Gasteiger partial charge in [0.15, 0.2) is 5.13 Å². The minimum absolute atomic E-state index is 0.759. The van der Waals surface area contributed by atoms with Gasteiger partial charge in [-0.1, -0.05) is 6.92 Å². The minimum Gasteiger partial charge on any atom is -0.383 e. The molecular weight excluding hydrogens is 258 g/mol. The van der Waals surface area contributed by atoms with Crippen LogP contribution >= 0.6 is 11.3 Å². The molecule has 0 atom stereocenters. The van der Waals surface area contributed by atoms with Crippen LogP contribution in [0.4, 0.5) is 5.13 Å². The lowest BCUT2D eigenvalue weighted by Crippen LogP contribution is -2.19. The molecule has 1 fully saturated rings. The summed E-state index contributed by atoms with van der Waals surface area (Å²) in [4.78, 5) is 8.47. The van der Waals surface area contributed by atoms with E-state index in [1.807, 2.05) is 11.3 Å². The summed E-state index contributed by atoms with van der Waals surface area (Å²) in [5, 5.41) is 4.58. The first-order valence-electron chi connectivity index (χ1n) is 7.14. The van der Waals surface area contributed by atoms with Gasteiger partial charge in [-0.3, -0.25) is 0 Å². The third-order valence-corrected chi connectivity index (χ3v) is 4.64. The van der Waals surface area contributed by atoms with E-state index in [0.29, 0.717) is 0 Å². The number of thiazole rings is 1. The summed E-state index contributed by atoms with van der Waals surface area (Å²) < 4.78 is 5.05. The van der Waals surface area contributed by atoms with Gasteiger partial charge in [0.2, 0.25) is 0 Å². The second-order valence-electron chi connectivity index (χ2n) is 5.21. The number of ether oxygens (including phenoxy) is 1. The van der Waals surface area contributed by atoms with Crippen molar-refractivity contribution in [2.45, 2.75) is 32.7 Å². The van der Waals surface area contributed by atoms with Crippen LogP contribution in [0.25, 0.3) is 0 Å². The van der Waals surface area contributed by atoms with E-state index in [2.05, 4.69) is 24.2 Å². The zero-order valence-electron chi connectivity index (χ0n) is 12.2. The molecule has 0 saturated heterocycles. The lowest BCUT2D eigenvalue weighted by Gasteiger charge is -2.14. The Labute approximate surface area is 120 Å². The number of nitrogens with one attached hydrogen (secondary N) is 1. The number of rotatable bonds is 9. The third kappa shape index (κ3) is 4.44. The average molecular weight is 283 g/mol. The molecule has 1 saturated carbocycles. The molecule has 5 heteroatoms. The minimum atomic E-state index is 0.759. The molecule has 4 nitrogen and oxygen atoms in total. The Kier molecular flexibility index (Phi) is 5.60. The quantitative estimate of drug-likeness (QED) is 0.706. The molecule has 0 amide bonds. The van der Waals surface area contributed by atoms with Crippen molar-refractivity contribution in [1.29, 1.82) is 0 Å². The molecule has 0 aromatic carbocycles. The monoisotopic (exact) mass is 283 g/mol. The fourth-order valence-electron chi connectivity index (χ4n) is 2.09. The number of hydrogen-bond acceptors (Lipinski definition) is 5. The molecule has 1 aliphatic carbocycles. The van der Waals surface area contributed by atoms with Crippen LogP contribution in [0.3, 0.4) is 0 Å². The van der Waals surface area contributed by atoms with Crippen molar-refractivity contribution in [3.63, 3.8) is 0 Å². The highest BCUT2D eigenvalue weighted by atomic mass is 32.1. The highest BCUT2D eigenvalue weighted by molar-refractivity contribution is 7.15. The topological polar surface area (TPSA) is 37.4 Å². The molecule has 0 bridgehead atoms. The summed E-state index contributed by atoms with van der Waals surface area (Å²) in [6.45, 7) is 5.90. The van der Waals surface area contributed by atoms with Gasteiger partial charge in [-0.25, -0.2) is 4.98 Å². The van der Waals surface area contributed by atoms with Gasteiger partial charge in [0, 0.05) is 38.7 Å². The smallest absolute Gasteiger partial charge is 0.185 e. The van der Waals surface area contributed by atoms with Crippen LogP contribution in [-0.4, -0.2) is 38.8 Å².